The Balaban J connectivity index is 2.45. The maximum atomic E-state index is 12.8. The molecule has 1 aliphatic carbocycles. The van der Waals surface area contributed by atoms with Gasteiger partial charge in [0.05, 0.1) is 16.2 Å². The molecule has 1 aliphatic rings. The average Bonchev–Trinajstić information content (AvgIpc) is 2.79. The van der Waals surface area contributed by atoms with Crippen LogP contribution >= 0.6 is 0 Å². The summed E-state index contributed by atoms with van der Waals surface area (Å²) in [5, 5.41) is 9.41. The molecule has 5 heteroatoms. The number of hydrogen-bond donors (Lipinski definition) is 1. The first kappa shape index (κ1) is 12.5. The van der Waals surface area contributed by atoms with Crippen molar-refractivity contribution in [2.75, 3.05) is 6.61 Å². The second-order valence-electron chi connectivity index (χ2n) is 4.51. The van der Waals surface area contributed by atoms with Gasteiger partial charge in [-0.15, -0.1) is 0 Å². The Bertz CT molecular complexity index is 487. The van der Waals surface area contributed by atoms with Crippen LogP contribution < -0.4 is 0 Å². The zero-order valence-corrected chi connectivity index (χ0v) is 10.2. The third kappa shape index (κ3) is 1.98. The van der Waals surface area contributed by atoms with Crippen LogP contribution in [-0.2, 0) is 9.84 Å². The predicted octanol–water partition coefficient (Wildman–Crippen LogP) is 1.90. The molecule has 0 heterocycles. The summed E-state index contributed by atoms with van der Waals surface area (Å²) in [5.41, 5.74) is 0. The second-order valence-corrected chi connectivity index (χ2v) is 6.85. The molecule has 1 saturated carbocycles. The van der Waals surface area contributed by atoms with Crippen molar-refractivity contribution < 1.29 is 17.9 Å². The highest BCUT2D eigenvalue weighted by Gasteiger charge is 2.46. The Hall–Kier alpha value is -0.940. The first-order chi connectivity index (χ1) is 8.02. The summed E-state index contributed by atoms with van der Waals surface area (Å²) in [5.74, 6) is -0.464. The zero-order valence-electron chi connectivity index (χ0n) is 9.39. The third-order valence-corrected chi connectivity index (χ3v) is 6.07. The van der Waals surface area contributed by atoms with Crippen molar-refractivity contribution >= 4 is 9.84 Å². The molecule has 0 spiro atoms. The number of hydrogen-bond acceptors (Lipinski definition) is 3. The third-order valence-electron chi connectivity index (χ3n) is 3.50. The average molecular weight is 258 g/mol. The van der Waals surface area contributed by atoms with Crippen molar-refractivity contribution in [2.45, 2.75) is 35.3 Å². The Morgan fingerprint density at radius 1 is 1.18 bits per heavy atom. The van der Waals surface area contributed by atoms with E-state index in [0.717, 1.165) is 25.0 Å². The van der Waals surface area contributed by atoms with E-state index in [-0.39, 0.29) is 11.5 Å². The fourth-order valence-corrected chi connectivity index (χ4v) is 4.39. The number of aliphatic hydroxyl groups is 1. The van der Waals surface area contributed by atoms with E-state index in [0.29, 0.717) is 12.8 Å². The minimum atomic E-state index is -3.58. The van der Waals surface area contributed by atoms with Crippen LogP contribution in [0, 0.1) is 5.82 Å². The fraction of sp³-hybridized carbons (Fsp3) is 0.500. The van der Waals surface area contributed by atoms with Crippen molar-refractivity contribution in [2.24, 2.45) is 0 Å². The van der Waals surface area contributed by atoms with Gasteiger partial charge < -0.3 is 5.11 Å². The molecule has 94 valence electrons. The van der Waals surface area contributed by atoms with Gasteiger partial charge in [-0.3, -0.25) is 0 Å². The van der Waals surface area contributed by atoms with Gasteiger partial charge in [0.2, 0.25) is 0 Å². The maximum absolute atomic E-state index is 12.8. The molecule has 0 radical (unpaired) electrons. The maximum Gasteiger partial charge on any atom is 0.186 e. The Morgan fingerprint density at radius 2 is 1.71 bits per heavy atom. The molecule has 3 nitrogen and oxygen atoms in total. The summed E-state index contributed by atoms with van der Waals surface area (Å²) in [6, 6.07) is 4.79. The van der Waals surface area contributed by atoms with E-state index in [1.807, 2.05) is 0 Å². The number of rotatable bonds is 3. The highest BCUT2D eigenvalue weighted by molar-refractivity contribution is 7.92. The van der Waals surface area contributed by atoms with Crippen molar-refractivity contribution in [1.82, 2.24) is 0 Å². The number of benzene rings is 1. The molecule has 1 fully saturated rings. The summed E-state index contributed by atoms with van der Waals surface area (Å²) >= 11 is 0. The highest BCUT2D eigenvalue weighted by atomic mass is 32.2. The first-order valence-electron chi connectivity index (χ1n) is 5.63. The zero-order chi connectivity index (χ0) is 12.5. The minimum Gasteiger partial charge on any atom is -0.395 e. The fourth-order valence-electron chi connectivity index (χ4n) is 2.39. The van der Waals surface area contributed by atoms with Gasteiger partial charge in [-0.2, -0.15) is 0 Å². The lowest BCUT2D eigenvalue weighted by Gasteiger charge is -2.26. The lowest BCUT2D eigenvalue weighted by Crippen LogP contribution is -2.39. The van der Waals surface area contributed by atoms with E-state index in [1.165, 1.54) is 12.1 Å². The van der Waals surface area contributed by atoms with E-state index < -0.39 is 20.4 Å². The van der Waals surface area contributed by atoms with E-state index in [4.69, 9.17) is 0 Å². The quantitative estimate of drug-likeness (QED) is 0.842. The van der Waals surface area contributed by atoms with E-state index >= 15 is 0 Å². The van der Waals surface area contributed by atoms with Crippen LogP contribution in [0.1, 0.15) is 25.7 Å². The van der Waals surface area contributed by atoms with Crippen molar-refractivity contribution in [1.29, 1.82) is 0 Å². The molecule has 0 amide bonds. The van der Waals surface area contributed by atoms with Gasteiger partial charge in [-0.05, 0) is 37.1 Å². The molecule has 0 saturated heterocycles. The summed E-state index contributed by atoms with van der Waals surface area (Å²) in [6.45, 7) is -0.368. The molecule has 0 unspecified atom stereocenters. The van der Waals surface area contributed by atoms with Crippen LogP contribution in [0.3, 0.4) is 0 Å². The topological polar surface area (TPSA) is 54.4 Å². The van der Waals surface area contributed by atoms with Gasteiger partial charge in [-0.25, -0.2) is 12.8 Å². The van der Waals surface area contributed by atoms with Gasteiger partial charge >= 0.3 is 0 Å². The summed E-state index contributed by atoms with van der Waals surface area (Å²) < 4.78 is 36.6. The second kappa shape index (κ2) is 4.38. The monoisotopic (exact) mass is 258 g/mol. The smallest absolute Gasteiger partial charge is 0.186 e. The van der Waals surface area contributed by atoms with Gasteiger partial charge in [-0.1, -0.05) is 12.8 Å². The van der Waals surface area contributed by atoms with Crippen molar-refractivity contribution in [3.63, 3.8) is 0 Å². The predicted molar refractivity (Wildman–Crippen MR) is 61.9 cm³/mol. The van der Waals surface area contributed by atoms with Crippen LogP contribution in [0.4, 0.5) is 4.39 Å². The van der Waals surface area contributed by atoms with E-state index in [1.54, 1.807) is 0 Å². The van der Waals surface area contributed by atoms with E-state index in [9.17, 15) is 17.9 Å². The van der Waals surface area contributed by atoms with Crippen molar-refractivity contribution in [3.05, 3.63) is 30.1 Å². The highest BCUT2D eigenvalue weighted by Crippen LogP contribution is 2.39. The Morgan fingerprint density at radius 3 is 2.18 bits per heavy atom. The lowest BCUT2D eigenvalue weighted by atomic mass is 10.1. The SMILES string of the molecule is O=S(=O)(c1ccc(F)cc1)C1(CO)CCCC1. The standard InChI is InChI=1S/C12H15FO3S/c13-10-3-5-11(6-4-10)17(15,16)12(9-14)7-1-2-8-12/h3-6,14H,1-2,7-9H2. The minimum absolute atomic E-state index is 0.0925. The number of aliphatic hydroxyl groups excluding tert-OH is 1. The van der Waals surface area contributed by atoms with Crippen LogP contribution in [0.2, 0.25) is 0 Å². The van der Waals surface area contributed by atoms with Crippen LogP contribution in [0.5, 0.6) is 0 Å². The molecule has 0 aliphatic heterocycles. The lowest BCUT2D eigenvalue weighted by molar-refractivity contribution is 0.242. The van der Waals surface area contributed by atoms with Gasteiger partial charge in [0, 0.05) is 0 Å². The molecule has 17 heavy (non-hydrogen) atoms. The molecule has 1 aromatic carbocycles. The van der Waals surface area contributed by atoms with Crippen LogP contribution in [0.25, 0.3) is 0 Å². The Kier molecular flexibility index (Phi) is 3.23. The van der Waals surface area contributed by atoms with Gasteiger partial charge in [0.15, 0.2) is 9.84 Å². The first-order valence-corrected chi connectivity index (χ1v) is 7.11. The number of halogens is 1. The molecular weight excluding hydrogens is 243 g/mol. The molecule has 0 bridgehead atoms. The van der Waals surface area contributed by atoms with Crippen LogP contribution in [-0.4, -0.2) is 24.9 Å². The molecular formula is C12H15FO3S. The number of sulfone groups is 1. The van der Waals surface area contributed by atoms with Crippen molar-refractivity contribution in [3.8, 4) is 0 Å². The largest absolute Gasteiger partial charge is 0.395 e. The van der Waals surface area contributed by atoms with E-state index in [2.05, 4.69) is 0 Å². The molecule has 0 aromatic heterocycles. The van der Waals surface area contributed by atoms with Gasteiger partial charge in [0.25, 0.3) is 0 Å². The normalized spacial score (nSPS) is 19.4. The van der Waals surface area contributed by atoms with Crippen LogP contribution in [0.15, 0.2) is 29.2 Å². The summed E-state index contributed by atoms with van der Waals surface area (Å²) in [4.78, 5) is 0.0925. The molecule has 2 rings (SSSR count). The molecule has 0 atom stereocenters. The summed E-state index contributed by atoms with van der Waals surface area (Å²) in [6.07, 6.45) is 2.56. The van der Waals surface area contributed by atoms with Gasteiger partial charge in [0.1, 0.15) is 5.82 Å². The summed E-state index contributed by atoms with van der Waals surface area (Å²) in [7, 11) is -3.58. The molecule has 1 N–H and O–H groups in total. The Labute approximate surface area is 100 Å². The molecule has 1 aromatic rings.